The van der Waals surface area contributed by atoms with Gasteiger partial charge in [-0.3, -0.25) is 5.10 Å². The normalized spacial score (nSPS) is 12.5. The van der Waals surface area contributed by atoms with Gasteiger partial charge < -0.3 is 5.32 Å². The first kappa shape index (κ1) is 13.8. The molecule has 0 radical (unpaired) electrons. The highest BCUT2D eigenvalue weighted by Crippen LogP contribution is 2.23. The SMILES string of the molecule is Cc1cc(CC(C)Nc2ncnc3cc(Cl)ccc23)n[nH]1. The Kier molecular flexibility index (Phi) is 3.75. The zero-order chi connectivity index (χ0) is 14.8. The Bertz CT molecular complexity index is 768. The Balaban J connectivity index is 1.81. The molecule has 0 spiro atoms. The molecular weight excluding hydrogens is 286 g/mol. The van der Waals surface area contributed by atoms with Gasteiger partial charge in [-0.15, -0.1) is 0 Å². The van der Waals surface area contributed by atoms with E-state index in [1.165, 1.54) is 0 Å². The molecular formula is C15H16ClN5. The number of halogens is 1. The number of aryl methyl sites for hydroxylation is 1. The van der Waals surface area contributed by atoms with Crippen molar-refractivity contribution in [1.82, 2.24) is 20.2 Å². The van der Waals surface area contributed by atoms with Gasteiger partial charge in [0.1, 0.15) is 12.1 Å². The van der Waals surface area contributed by atoms with Gasteiger partial charge in [-0.05, 0) is 38.1 Å². The lowest BCUT2D eigenvalue weighted by atomic mass is 10.1. The third-order valence-corrected chi connectivity index (χ3v) is 3.49. The molecule has 2 aromatic heterocycles. The Labute approximate surface area is 127 Å². The number of hydrogen-bond donors (Lipinski definition) is 2. The minimum absolute atomic E-state index is 0.210. The van der Waals surface area contributed by atoms with Gasteiger partial charge in [0.15, 0.2) is 0 Å². The zero-order valence-electron chi connectivity index (χ0n) is 11.9. The van der Waals surface area contributed by atoms with Crippen LogP contribution in [0.2, 0.25) is 5.02 Å². The van der Waals surface area contributed by atoms with Crippen LogP contribution in [0.4, 0.5) is 5.82 Å². The second kappa shape index (κ2) is 5.69. The molecule has 0 aliphatic carbocycles. The molecule has 0 amide bonds. The fourth-order valence-electron chi connectivity index (χ4n) is 2.32. The lowest BCUT2D eigenvalue weighted by molar-refractivity contribution is 0.761. The number of hydrogen-bond acceptors (Lipinski definition) is 4. The van der Waals surface area contributed by atoms with Crippen LogP contribution in [0.3, 0.4) is 0 Å². The summed E-state index contributed by atoms with van der Waals surface area (Å²) < 4.78 is 0. The summed E-state index contributed by atoms with van der Waals surface area (Å²) >= 11 is 5.99. The monoisotopic (exact) mass is 301 g/mol. The van der Waals surface area contributed by atoms with Gasteiger partial charge in [-0.25, -0.2) is 9.97 Å². The van der Waals surface area contributed by atoms with Crippen LogP contribution in [-0.2, 0) is 6.42 Å². The average molecular weight is 302 g/mol. The number of aromatic nitrogens is 4. The Morgan fingerprint density at radius 3 is 2.90 bits per heavy atom. The van der Waals surface area contributed by atoms with Crippen molar-refractivity contribution < 1.29 is 0 Å². The first-order valence-corrected chi connectivity index (χ1v) is 7.17. The first-order valence-electron chi connectivity index (χ1n) is 6.79. The molecule has 6 heteroatoms. The third-order valence-electron chi connectivity index (χ3n) is 3.26. The molecule has 0 aliphatic heterocycles. The van der Waals surface area contributed by atoms with Crippen molar-refractivity contribution in [2.75, 3.05) is 5.32 Å². The average Bonchev–Trinajstić information content (AvgIpc) is 2.83. The highest BCUT2D eigenvalue weighted by atomic mass is 35.5. The third kappa shape index (κ3) is 3.13. The van der Waals surface area contributed by atoms with Gasteiger partial charge >= 0.3 is 0 Å². The van der Waals surface area contributed by atoms with Gasteiger partial charge in [0.05, 0.1) is 11.2 Å². The fourth-order valence-corrected chi connectivity index (χ4v) is 2.49. The standard InChI is InChI=1S/C15H16ClN5/c1-9(5-12-6-10(2)20-21-12)19-15-13-4-3-11(16)7-14(13)17-8-18-15/h3-4,6-9H,5H2,1-2H3,(H,20,21)(H,17,18,19). The lowest BCUT2D eigenvalue weighted by Gasteiger charge is -2.14. The quantitative estimate of drug-likeness (QED) is 0.775. The molecule has 1 unspecified atom stereocenters. The van der Waals surface area contributed by atoms with Crippen molar-refractivity contribution in [1.29, 1.82) is 0 Å². The van der Waals surface area contributed by atoms with Crippen LogP contribution in [-0.4, -0.2) is 26.2 Å². The predicted octanol–water partition coefficient (Wildman–Crippen LogP) is 3.36. The highest BCUT2D eigenvalue weighted by Gasteiger charge is 2.10. The molecule has 21 heavy (non-hydrogen) atoms. The lowest BCUT2D eigenvalue weighted by Crippen LogP contribution is -2.19. The maximum atomic E-state index is 5.99. The van der Waals surface area contributed by atoms with Crippen LogP contribution in [0.1, 0.15) is 18.3 Å². The van der Waals surface area contributed by atoms with Gasteiger partial charge in [0.25, 0.3) is 0 Å². The largest absolute Gasteiger partial charge is 0.367 e. The topological polar surface area (TPSA) is 66.5 Å². The molecule has 108 valence electrons. The summed E-state index contributed by atoms with van der Waals surface area (Å²) in [5.41, 5.74) is 2.94. The number of anilines is 1. The van der Waals surface area contributed by atoms with Crippen LogP contribution in [0.5, 0.6) is 0 Å². The molecule has 1 aromatic carbocycles. The number of nitrogens with zero attached hydrogens (tertiary/aromatic N) is 3. The van der Waals surface area contributed by atoms with E-state index in [0.717, 1.165) is 34.5 Å². The Morgan fingerprint density at radius 2 is 2.14 bits per heavy atom. The number of aromatic amines is 1. The van der Waals surface area contributed by atoms with Gasteiger partial charge in [0, 0.05) is 28.6 Å². The summed E-state index contributed by atoms with van der Waals surface area (Å²) in [6.07, 6.45) is 2.37. The van der Waals surface area contributed by atoms with Crippen molar-refractivity contribution in [2.24, 2.45) is 0 Å². The van der Waals surface area contributed by atoms with E-state index in [1.54, 1.807) is 6.33 Å². The van der Waals surface area contributed by atoms with E-state index in [-0.39, 0.29) is 6.04 Å². The maximum absolute atomic E-state index is 5.99. The zero-order valence-corrected chi connectivity index (χ0v) is 12.6. The van der Waals surface area contributed by atoms with Crippen LogP contribution in [0.25, 0.3) is 10.9 Å². The second-order valence-electron chi connectivity index (χ2n) is 5.18. The first-order chi connectivity index (χ1) is 10.1. The van der Waals surface area contributed by atoms with Gasteiger partial charge in [-0.1, -0.05) is 11.6 Å². The van der Waals surface area contributed by atoms with Crippen LogP contribution < -0.4 is 5.32 Å². The molecule has 0 fully saturated rings. The highest BCUT2D eigenvalue weighted by molar-refractivity contribution is 6.31. The number of rotatable bonds is 4. The van der Waals surface area contributed by atoms with E-state index >= 15 is 0 Å². The van der Waals surface area contributed by atoms with Crippen LogP contribution >= 0.6 is 11.6 Å². The van der Waals surface area contributed by atoms with E-state index in [0.29, 0.717) is 5.02 Å². The number of fused-ring (bicyclic) bond motifs is 1. The molecule has 2 N–H and O–H groups in total. The van der Waals surface area contributed by atoms with E-state index in [9.17, 15) is 0 Å². The molecule has 3 rings (SSSR count). The summed E-state index contributed by atoms with van der Waals surface area (Å²) in [6, 6.07) is 7.88. The Morgan fingerprint density at radius 1 is 1.29 bits per heavy atom. The number of benzene rings is 1. The molecule has 0 saturated heterocycles. The van der Waals surface area contributed by atoms with Crippen molar-refractivity contribution in [2.45, 2.75) is 26.3 Å². The number of H-pyrrole nitrogens is 1. The Hall–Kier alpha value is -2.14. The smallest absolute Gasteiger partial charge is 0.137 e. The molecule has 0 saturated carbocycles. The van der Waals surface area contributed by atoms with Crippen molar-refractivity contribution >= 4 is 28.3 Å². The molecule has 5 nitrogen and oxygen atoms in total. The van der Waals surface area contributed by atoms with Crippen molar-refractivity contribution in [3.05, 3.63) is 47.0 Å². The van der Waals surface area contributed by atoms with Crippen LogP contribution in [0, 0.1) is 6.92 Å². The van der Waals surface area contributed by atoms with Gasteiger partial charge in [0.2, 0.25) is 0 Å². The summed E-state index contributed by atoms with van der Waals surface area (Å²) in [4.78, 5) is 8.57. The van der Waals surface area contributed by atoms with Gasteiger partial charge in [-0.2, -0.15) is 5.10 Å². The van der Waals surface area contributed by atoms with E-state index in [2.05, 4.69) is 38.5 Å². The molecule has 0 aliphatic rings. The van der Waals surface area contributed by atoms with E-state index < -0.39 is 0 Å². The summed E-state index contributed by atoms with van der Waals surface area (Å²) in [6.45, 7) is 4.10. The number of nitrogens with one attached hydrogen (secondary N) is 2. The molecule has 3 aromatic rings. The minimum atomic E-state index is 0.210. The molecule has 1 atom stereocenters. The predicted molar refractivity (Wildman–Crippen MR) is 84.7 cm³/mol. The van der Waals surface area contributed by atoms with E-state index in [1.807, 2.05) is 25.1 Å². The van der Waals surface area contributed by atoms with Crippen molar-refractivity contribution in [3.63, 3.8) is 0 Å². The second-order valence-corrected chi connectivity index (χ2v) is 5.61. The summed E-state index contributed by atoms with van der Waals surface area (Å²) in [5, 5.41) is 12.3. The molecule has 0 bridgehead atoms. The summed E-state index contributed by atoms with van der Waals surface area (Å²) in [5.74, 6) is 0.816. The van der Waals surface area contributed by atoms with Crippen LogP contribution in [0.15, 0.2) is 30.6 Å². The fraction of sp³-hybridized carbons (Fsp3) is 0.267. The van der Waals surface area contributed by atoms with Crippen molar-refractivity contribution in [3.8, 4) is 0 Å². The van der Waals surface area contributed by atoms with E-state index in [4.69, 9.17) is 11.6 Å². The molecule has 2 heterocycles. The minimum Gasteiger partial charge on any atom is -0.367 e. The maximum Gasteiger partial charge on any atom is 0.137 e. The summed E-state index contributed by atoms with van der Waals surface area (Å²) in [7, 11) is 0.